The first-order valence-corrected chi connectivity index (χ1v) is 7.12. The van der Waals surface area contributed by atoms with Crippen LogP contribution in [0.5, 0.6) is 0 Å². The summed E-state index contributed by atoms with van der Waals surface area (Å²) in [6.45, 7) is 6.79. The Morgan fingerprint density at radius 1 is 1.47 bits per heavy atom. The molecule has 2 rings (SSSR count). The molecule has 1 aliphatic carbocycles. The molecule has 1 saturated carbocycles. The molecule has 1 fully saturated rings. The Morgan fingerprint density at radius 2 is 2.33 bits per heavy atom. The SMILES string of the molecule is CCC1CN=C(NCC2CCCC2C)S1. The normalized spacial score (nSPS) is 35.6. The average Bonchev–Trinajstić information content (AvgIpc) is 2.84. The molecule has 0 bridgehead atoms. The van der Waals surface area contributed by atoms with E-state index in [1.165, 1.54) is 30.9 Å². The van der Waals surface area contributed by atoms with E-state index in [-0.39, 0.29) is 0 Å². The highest BCUT2D eigenvalue weighted by Gasteiger charge is 2.24. The second-order valence-corrected chi connectivity index (χ2v) is 6.13. The summed E-state index contributed by atoms with van der Waals surface area (Å²) in [4.78, 5) is 4.54. The third-order valence-electron chi connectivity index (χ3n) is 3.73. The molecular weight excluding hydrogens is 204 g/mol. The minimum absolute atomic E-state index is 0.730. The third-order valence-corrected chi connectivity index (χ3v) is 5.04. The van der Waals surface area contributed by atoms with E-state index in [0.29, 0.717) is 0 Å². The summed E-state index contributed by atoms with van der Waals surface area (Å²) in [5.41, 5.74) is 0. The zero-order valence-corrected chi connectivity index (χ0v) is 10.6. The van der Waals surface area contributed by atoms with Gasteiger partial charge in [-0.25, -0.2) is 0 Å². The van der Waals surface area contributed by atoms with Crippen molar-refractivity contribution in [3.63, 3.8) is 0 Å². The smallest absolute Gasteiger partial charge is 0.156 e. The molecule has 0 radical (unpaired) electrons. The highest BCUT2D eigenvalue weighted by molar-refractivity contribution is 8.14. The van der Waals surface area contributed by atoms with Gasteiger partial charge in [-0.3, -0.25) is 4.99 Å². The molecule has 0 amide bonds. The topological polar surface area (TPSA) is 24.4 Å². The minimum Gasteiger partial charge on any atom is -0.365 e. The fourth-order valence-corrected chi connectivity index (χ4v) is 3.42. The van der Waals surface area contributed by atoms with Gasteiger partial charge in [0.25, 0.3) is 0 Å². The lowest BCUT2D eigenvalue weighted by molar-refractivity contribution is 0.416. The van der Waals surface area contributed by atoms with Crippen LogP contribution < -0.4 is 5.32 Å². The summed E-state index contributed by atoms with van der Waals surface area (Å²) in [5, 5.41) is 5.46. The van der Waals surface area contributed by atoms with Crippen LogP contribution >= 0.6 is 11.8 Å². The van der Waals surface area contributed by atoms with E-state index >= 15 is 0 Å². The van der Waals surface area contributed by atoms with Crippen LogP contribution in [-0.2, 0) is 0 Å². The lowest BCUT2D eigenvalue weighted by atomic mass is 9.98. The lowest BCUT2D eigenvalue weighted by Gasteiger charge is -2.16. The van der Waals surface area contributed by atoms with Crippen LogP contribution in [0.15, 0.2) is 4.99 Å². The van der Waals surface area contributed by atoms with Crippen LogP contribution in [0.4, 0.5) is 0 Å². The second kappa shape index (κ2) is 5.24. The van der Waals surface area contributed by atoms with Crippen molar-refractivity contribution in [2.24, 2.45) is 16.8 Å². The van der Waals surface area contributed by atoms with Crippen molar-refractivity contribution in [1.82, 2.24) is 5.32 Å². The molecule has 0 saturated heterocycles. The van der Waals surface area contributed by atoms with Crippen molar-refractivity contribution in [2.75, 3.05) is 13.1 Å². The van der Waals surface area contributed by atoms with Crippen molar-refractivity contribution in [3.05, 3.63) is 0 Å². The zero-order valence-electron chi connectivity index (χ0n) is 9.83. The monoisotopic (exact) mass is 226 g/mol. The number of aliphatic imine (C=N–C) groups is 1. The first-order valence-electron chi connectivity index (χ1n) is 6.24. The first kappa shape index (κ1) is 11.3. The van der Waals surface area contributed by atoms with Crippen LogP contribution in [-0.4, -0.2) is 23.5 Å². The largest absolute Gasteiger partial charge is 0.365 e. The van der Waals surface area contributed by atoms with Gasteiger partial charge in [0.1, 0.15) is 0 Å². The molecule has 2 aliphatic rings. The molecule has 15 heavy (non-hydrogen) atoms. The van der Waals surface area contributed by atoms with Crippen molar-refractivity contribution < 1.29 is 0 Å². The van der Waals surface area contributed by atoms with Gasteiger partial charge >= 0.3 is 0 Å². The van der Waals surface area contributed by atoms with Gasteiger partial charge in [-0.1, -0.05) is 38.5 Å². The second-order valence-electron chi connectivity index (χ2n) is 4.84. The van der Waals surface area contributed by atoms with E-state index in [4.69, 9.17) is 0 Å². The van der Waals surface area contributed by atoms with Crippen LogP contribution in [0, 0.1) is 11.8 Å². The number of hydrogen-bond donors (Lipinski definition) is 1. The van der Waals surface area contributed by atoms with Crippen molar-refractivity contribution in [3.8, 4) is 0 Å². The van der Waals surface area contributed by atoms with E-state index in [9.17, 15) is 0 Å². The molecule has 0 aromatic heterocycles. The molecule has 0 spiro atoms. The maximum atomic E-state index is 4.54. The first-order chi connectivity index (χ1) is 7.29. The van der Waals surface area contributed by atoms with Gasteiger partial charge < -0.3 is 5.32 Å². The Balaban J connectivity index is 1.70. The van der Waals surface area contributed by atoms with Gasteiger partial charge in [-0.2, -0.15) is 0 Å². The van der Waals surface area contributed by atoms with Crippen LogP contribution in [0.2, 0.25) is 0 Å². The molecule has 1 N–H and O–H groups in total. The molecular formula is C12H22N2S. The molecule has 1 aliphatic heterocycles. The summed E-state index contributed by atoms with van der Waals surface area (Å²) in [5.74, 6) is 1.79. The molecule has 0 aromatic rings. The van der Waals surface area contributed by atoms with Gasteiger partial charge in [0, 0.05) is 11.8 Å². The van der Waals surface area contributed by atoms with E-state index in [1.54, 1.807) is 0 Å². The van der Waals surface area contributed by atoms with Gasteiger partial charge in [-0.05, 0) is 24.7 Å². The van der Waals surface area contributed by atoms with Crippen molar-refractivity contribution in [1.29, 1.82) is 0 Å². The molecule has 3 atom stereocenters. The molecule has 1 heterocycles. The minimum atomic E-state index is 0.730. The summed E-state index contributed by atoms with van der Waals surface area (Å²) >= 11 is 1.93. The zero-order chi connectivity index (χ0) is 10.7. The van der Waals surface area contributed by atoms with Crippen molar-refractivity contribution >= 4 is 16.9 Å². The summed E-state index contributed by atoms with van der Waals surface area (Å²) in [6.07, 6.45) is 5.48. The Kier molecular flexibility index (Phi) is 3.95. The van der Waals surface area contributed by atoms with E-state index in [2.05, 4.69) is 24.2 Å². The number of hydrogen-bond acceptors (Lipinski definition) is 3. The fourth-order valence-electron chi connectivity index (χ4n) is 2.47. The maximum absolute atomic E-state index is 4.54. The van der Waals surface area contributed by atoms with E-state index in [0.717, 1.165) is 30.2 Å². The predicted molar refractivity (Wildman–Crippen MR) is 68.5 cm³/mol. The van der Waals surface area contributed by atoms with Crippen LogP contribution in [0.3, 0.4) is 0 Å². The lowest BCUT2D eigenvalue weighted by Crippen LogP contribution is -2.27. The number of amidine groups is 1. The third kappa shape index (κ3) is 2.90. The Morgan fingerprint density at radius 3 is 2.93 bits per heavy atom. The Hall–Kier alpha value is -0.180. The summed E-state index contributed by atoms with van der Waals surface area (Å²) < 4.78 is 0. The van der Waals surface area contributed by atoms with Crippen LogP contribution in [0.1, 0.15) is 39.5 Å². The maximum Gasteiger partial charge on any atom is 0.156 e. The molecule has 0 aromatic carbocycles. The highest BCUT2D eigenvalue weighted by Crippen LogP contribution is 2.31. The number of nitrogens with zero attached hydrogens (tertiary/aromatic N) is 1. The van der Waals surface area contributed by atoms with E-state index < -0.39 is 0 Å². The fraction of sp³-hybridized carbons (Fsp3) is 0.917. The Bertz CT molecular complexity index is 240. The standard InChI is InChI=1S/C12H22N2S/c1-3-11-8-14-12(15-11)13-7-10-6-4-5-9(10)2/h9-11H,3-8H2,1-2H3,(H,13,14). The van der Waals surface area contributed by atoms with Gasteiger partial charge in [0.15, 0.2) is 5.17 Å². The summed E-state index contributed by atoms with van der Waals surface area (Å²) in [7, 11) is 0. The van der Waals surface area contributed by atoms with Crippen LogP contribution in [0.25, 0.3) is 0 Å². The summed E-state index contributed by atoms with van der Waals surface area (Å²) in [6, 6.07) is 0. The number of nitrogens with one attached hydrogen (secondary N) is 1. The molecule has 3 heteroatoms. The van der Waals surface area contributed by atoms with Gasteiger partial charge in [0.2, 0.25) is 0 Å². The van der Waals surface area contributed by atoms with E-state index in [1.807, 2.05) is 11.8 Å². The number of thioether (sulfide) groups is 1. The Labute approximate surface area is 97.3 Å². The number of rotatable bonds is 3. The van der Waals surface area contributed by atoms with Gasteiger partial charge in [-0.15, -0.1) is 0 Å². The van der Waals surface area contributed by atoms with Gasteiger partial charge in [0.05, 0.1) is 6.54 Å². The average molecular weight is 226 g/mol. The molecule has 3 unspecified atom stereocenters. The molecule has 86 valence electrons. The predicted octanol–water partition coefficient (Wildman–Crippen LogP) is 2.89. The van der Waals surface area contributed by atoms with Crippen molar-refractivity contribution in [2.45, 2.75) is 44.8 Å². The quantitative estimate of drug-likeness (QED) is 0.800. The highest BCUT2D eigenvalue weighted by atomic mass is 32.2. The molecule has 2 nitrogen and oxygen atoms in total.